The Kier molecular flexibility index (Phi) is 5.02. The van der Waals surface area contributed by atoms with E-state index in [0.29, 0.717) is 24.1 Å². The van der Waals surface area contributed by atoms with Gasteiger partial charge in [0.1, 0.15) is 5.69 Å². The summed E-state index contributed by atoms with van der Waals surface area (Å²) in [6, 6.07) is 0.0856. The average Bonchev–Trinajstić information content (AvgIpc) is 2.27. The largest absolute Gasteiger partial charge is 0.361 e. The first-order valence-electron chi connectivity index (χ1n) is 6.40. The average molecular weight is 267 g/mol. The van der Waals surface area contributed by atoms with Crippen LogP contribution in [-0.4, -0.2) is 27.5 Å². The summed E-state index contributed by atoms with van der Waals surface area (Å²) in [7, 11) is 0. The van der Waals surface area contributed by atoms with Crippen LogP contribution in [0, 0.1) is 23.0 Å². The van der Waals surface area contributed by atoms with E-state index in [1.165, 1.54) is 0 Å². The quantitative estimate of drug-likeness (QED) is 0.608. The fourth-order valence-corrected chi connectivity index (χ4v) is 1.51. The number of nitrogens with one attached hydrogen (secondary N) is 2. The molecule has 0 aliphatic heterocycles. The highest BCUT2D eigenvalue weighted by Crippen LogP contribution is 2.27. The van der Waals surface area contributed by atoms with Crippen molar-refractivity contribution in [3.63, 3.8) is 0 Å². The highest BCUT2D eigenvalue weighted by molar-refractivity contribution is 5.61. The Hall–Kier alpha value is -1.92. The van der Waals surface area contributed by atoms with Gasteiger partial charge in [-0.3, -0.25) is 10.1 Å². The molecule has 0 aliphatic carbocycles. The van der Waals surface area contributed by atoms with Crippen molar-refractivity contribution >= 4 is 17.5 Å². The van der Waals surface area contributed by atoms with Gasteiger partial charge < -0.3 is 10.6 Å². The number of rotatable bonds is 6. The van der Waals surface area contributed by atoms with Crippen LogP contribution in [0.1, 0.15) is 33.4 Å². The van der Waals surface area contributed by atoms with Crippen molar-refractivity contribution in [3.05, 3.63) is 15.8 Å². The first kappa shape index (κ1) is 15.1. The Balaban J connectivity index is 3.19. The van der Waals surface area contributed by atoms with Crippen molar-refractivity contribution in [1.82, 2.24) is 9.97 Å². The van der Waals surface area contributed by atoms with Crippen LogP contribution in [0.25, 0.3) is 0 Å². The first-order valence-corrected chi connectivity index (χ1v) is 6.40. The predicted octanol–water partition coefficient (Wildman–Crippen LogP) is 2.58. The molecule has 7 heteroatoms. The van der Waals surface area contributed by atoms with Crippen LogP contribution < -0.4 is 10.6 Å². The van der Waals surface area contributed by atoms with Crippen molar-refractivity contribution < 1.29 is 4.92 Å². The lowest BCUT2D eigenvalue weighted by Gasteiger charge is -2.18. The van der Waals surface area contributed by atoms with Crippen LogP contribution in [0.4, 0.5) is 17.5 Å². The van der Waals surface area contributed by atoms with Gasteiger partial charge in [-0.05, 0) is 26.7 Å². The van der Waals surface area contributed by atoms with Crippen LogP contribution in [0.3, 0.4) is 0 Å². The molecule has 0 bridgehead atoms. The van der Waals surface area contributed by atoms with Gasteiger partial charge in [0, 0.05) is 12.6 Å². The van der Waals surface area contributed by atoms with Gasteiger partial charge in [0.2, 0.25) is 11.8 Å². The zero-order valence-corrected chi connectivity index (χ0v) is 12.0. The Bertz CT molecular complexity index is 462. The molecule has 0 fully saturated rings. The van der Waals surface area contributed by atoms with Gasteiger partial charge in [-0.15, -0.1) is 0 Å². The Labute approximate surface area is 113 Å². The molecule has 0 amide bonds. The second-order valence-corrected chi connectivity index (χ2v) is 4.79. The van der Waals surface area contributed by atoms with Gasteiger partial charge in [0.25, 0.3) is 0 Å². The monoisotopic (exact) mass is 267 g/mol. The second-order valence-electron chi connectivity index (χ2n) is 4.79. The summed E-state index contributed by atoms with van der Waals surface area (Å²) in [5, 5.41) is 17.2. The molecule has 7 nitrogen and oxygen atoms in total. The van der Waals surface area contributed by atoms with E-state index >= 15 is 0 Å². The standard InChI is InChI=1S/C12H21N5O2/c1-6-13-12-15-9(5)10(17(18)19)11(16-12)14-8(4)7(2)3/h7-8H,6H2,1-5H3,(H2,13,14,15,16). The van der Waals surface area contributed by atoms with E-state index in [2.05, 4.69) is 20.6 Å². The van der Waals surface area contributed by atoms with E-state index in [9.17, 15) is 10.1 Å². The Morgan fingerprint density at radius 1 is 1.32 bits per heavy atom. The Morgan fingerprint density at radius 3 is 2.42 bits per heavy atom. The zero-order valence-electron chi connectivity index (χ0n) is 12.0. The molecule has 2 N–H and O–H groups in total. The van der Waals surface area contributed by atoms with Crippen LogP contribution in [-0.2, 0) is 0 Å². The van der Waals surface area contributed by atoms with Gasteiger partial charge in [-0.25, -0.2) is 4.98 Å². The molecule has 1 heterocycles. The van der Waals surface area contributed by atoms with Crippen molar-refractivity contribution in [2.45, 2.75) is 40.7 Å². The van der Waals surface area contributed by atoms with Gasteiger partial charge >= 0.3 is 5.69 Å². The summed E-state index contributed by atoms with van der Waals surface area (Å²) in [4.78, 5) is 19.0. The van der Waals surface area contributed by atoms with E-state index in [0.717, 1.165) is 0 Å². The van der Waals surface area contributed by atoms with Crippen molar-refractivity contribution in [1.29, 1.82) is 0 Å². The van der Waals surface area contributed by atoms with Gasteiger partial charge in [0.05, 0.1) is 4.92 Å². The molecule has 1 aromatic rings. The molecule has 1 rings (SSSR count). The SMILES string of the molecule is CCNc1nc(C)c([N+](=O)[O-])c(NC(C)C(C)C)n1. The van der Waals surface area contributed by atoms with E-state index in [-0.39, 0.29) is 17.5 Å². The molecule has 1 atom stereocenters. The maximum absolute atomic E-state index is 11.1. The summed E-state index contributed by atoms with van der Waals surface area (Å²) >= 11 is 0. The maximum Gasteiger partial charge on any atom is 0.332 e. The van der Waals surface area contributed by atoms with Crippen molar-refractivity contribution in [2.24, 2.45) is 5.92 Å². The fraction of sp³-hybridized carbons (Fsp3) is 0.667. The minimum atomic E-state index is -0.444. The third-order valence-electron chi connectivity index (χ3n) is 2.94. The summed E-state index contributed by atoms with van der Waals surface area (Å²) in [6.07, 6.45) is 0. The molecule has 106 valence electrons. The fourth-order valence-electron chi connectivity index (χ4n) is 1.51. The number of nitro groups is 1. The normalized spacial score (nSPS) is 12.3. The lowest BCUT2D eigenvalue weighted by Crippen LogP contribution is -2.23. The molecular formula is C12H21N5O2. The van der Waals surface area contributed by atoms with Crippen molar-refractivity contribution in [2.75, 3.05) is 17.2 Å². The molecular weight excluding hydrogens is 246 g/mol. The molecule has 0 saturated heterocycles. The van der Waals surface area contributed by atoms with Gasteiger partial charge in [0.15, 0.2) is 0 Å². The molecule has 0 radical (unpaired) electrons. The highest BCUT2D eigenvalue weighted by atomic mass is 16.6. The summed E-state index contributed by atoms with van der Waals surface area (Å²) in [6.45, 7) is 10.3. The number of anilines is 2. The van der Waals surface area contributed by atoms with E-state index in [1.54, 1.807) is 6.92 Å². The highest BCUT2D eigenvalue weighted by Gasteiger charge is 2.23. The summed E-state index contributed by atoms with van der Waals surface area (Å²) < 4.78 is 0. The van der Waals surface area contributed by atoms with E-state index < -0.39 is 4.92 Å². The molecule has 0 spiro atoms. The topological polar surface area (TPSA) is 93.0 Å². The van der Waals surface area contributed by atoms with Gasteiger partial charge in [-0.1, -0.05) is 13.8 Å². The van der Waals surface area contributed by atoms with E-state index in [4.69, 9.17) is 0 Å². The molecule has 1 unspecified atom stereocenters. The van der Waals surface area contributed by atoms with Gasteiger partial charge in [-0.2, -0.15) is 4.98 Å². The van der Waals surface area contributed by atoms with Crippen LogP contribution in [0.2, 0.25) is 0 Å². The number of aromatic nitrogens is 2. The number of aryl methyl sites for hydroxylation is 1. The molecule has 19 heavy (non-hydrogen) atoms. The minimum Gasteiger partial charge on any atom is -0.361 e. The summed E-state index contributed by atoms with van der Waals surface area (Å²) in [5.74, 6) is 1.02. The lowest BCUT2D eigenvalue weighted by atomic mass is 10.1. The number of hydrogen-bond acceptors (Lipinski definition) is 6. The third-order valence-corrected chi connectivity index (χ3v) is 2.94. The Morgan fingerprint density at radius 2 is 1.95 bits per heavy atom. The third kappa shape index (κ3) is 3.77. The lowest BCUT2D eigenvalue weighted by molar-refractivity contribution is -0.385. The first-order chi connectivity index (χ1) is 8.86. The minimum absolute atomic E-state index is 0.0610. The van der Waals surface area contributed by atoms with E-state index in [1.807, 2.05) is 27.7 Å². The molecule has 1 aromatic heterocycles. The smallest absolute Gasteiger partial charge is 0.332 e. The second kappa shape index (κ2) is 6.31. The zero-order chi connectivity index (χ0) is 14.6. The van der Waals surface area contributed by atoms with Crippen LogP contribution in [0.5, 0.6) is 0 Å². The molecule has 0 aromatic carbocycles. The molecule has 0 saturated carbocycles. The number of nitrogens with zero attached hydrogens (tertiary/aromatic N) is 3. The van der Waals surface area contributed by atoms with Crippen LogP contribution >= 0.6 is 0 Å². The molecule has 0 aliphatic rings. The van der Waals surface area contributed by atoms with Crippen LogP contribution in [0.15, 0.2) is 0 Å². The van der Waals surface area contributed by atoms with Crippen molar-refractivity contribution in [3.8, 4) is 0 Å². The maximum atomic E-state index is 11.1. The summed E-state index contributed by atoms with van der Waals surface area (Å²) in [5.41, 5.74) is 0.295. The predicted molar refractivity (Wildman–Crippen MR) is 75.5 cm³/mol. The number of hydrogen-bond donors (Lipinski definition) is 2.